The van der Waals surface area contributed by atoms with Crippen LogP contribution in [-0.2, 0) is 6.54 Å². The summed E-state index contributed by atoms with van der Waals surface area (Å²) >= 11 is 0. The minimum Gasteiger partial charge on any atom is -0.356 e. The molecule has 1 aromatic rings. The van der Waals surface area contributed by atoms with Crippen LogP contribution in [0, 0.1) is 10.1 Å². The molecule has 0 unspecified atom stereocenters. The van der Waals surface area contributed by atoms with Crippen LogP contribution in [0.4, 0.5) is 5.69 Å². The molecule has 0 saturated carbocycles. The Hall–Kier alpha value is -1.38. The Balaban J connectivity index is 0.00000441. The summed E-state index contributed by atoms with van der Waals surface area (Å²) in [6.07, 6.45) is 4.80. The fraction of sp³-hybridized carbons (Fsp3) is 0.533. The molecule has 0 bridgehead atoms. The lowest BCUT2D eigenvalue weighted by Gasteiger charge is -2.11. The van der Waals surface area contributed by atoms with E-state index in [1.54, 1.807) is 19.2 Å². The van der Waals surface area contributed by atoms with Gasteiger partial charge in [-0.1, -0.05) is 38.3 Å². The van der Waals surface area contributed by atoms with Gasteiger partial charge in [-0.2, -0.15) is 0 Å². The van der Waals surface area contributed by atoms with Gasteiger partial charge in [-0.3, -0.25) is 15.1 Å². The van der Waals surface area contributed by atoms with E-state index in [2.05, 4.69) is 22.5 Å². The van der Waals surface area contributed by atoms with Crippen molar-refractivity contribution in [2.45, 2.75) is 39.2 Å². The van der Waals surface area contributed by atoms with E-state index in [0.717, 1.165) is 24.5 Å². The van der Waals surface area contributed by atoms with E-state index in [0.29, 0.717) is 6.54 Å². The second kappa shape index (κ2) is 12.2. The Labute approximate surface area is 149 Å². The molecule has 0 radical (unpaired) electrons. The van der Waals surface area contributed by atoms with Gasteiger partial charge in [0.05, 0.1) is 4.92 Å². The lowest BCUT2D eigenvalue weighted by atomic mass is 10.2. The van der Waals surface area contributed by atoms with Crippen LogP contribution < -0.4 is 10.6 Å². The maximum atomic E-state index is 10.7. The van der Waals surface area contributed by atoms with Crippen LogP contribution in [0.15, 0.2) is 29.3 Å². The normalized spacial score (nSPS) is 10.7. The molecule has 0 heterocycles. The van der Waals surface area contributed by atoms with E-state index < -0.39 is 0 Å². The molecule has 0 aromatic heterocycles. The van der Waals surface area contributed by atoms with Gasteiger partial charge in [0.1, 0.15) is 0 Å². The first kappa shape index (κ1) is 20.6. The Kier molecular flexibility index (Phi) is 11.4. The number of nitro groups is 1. The number of aliphatic imine (C=N–C) groups is 1. The van der Waals surface area contributed by atoms with Crippen molar-refractivity contribution in [3.8, 4) is 0 Å². The van der Waals surface area contributed by atoms with Gasteiger partial charge >= 0.3 is 0 Å². The Morgan fingerprint density at radius 3 is 2.68 bits per heavy atom. The number of benzene rings is 1. The average Bonchev–Trinajstić information content (AvgIpc) is 2.50. The van der Waals surface area contributed by atoms with Crippen molar-refractivity contribution in [3.05, 3.63) is 39.9 Å². The summed E-state index contributed by atoms with van der Waals surface area (Å²) in [6, 6.07) is 6.61. The summed E-state index contributed by atoms with van der Waals surface area (Å²) in [5, 5.41) is 17.1. The molecule has 22 heavy (non-hydrogen) atoms. The molecule has 6 nitrogen and oxygen atoms in total. The number of nitrogens with one attached hydrogen (secondary N) is 2. The largest absolute Gasteiger partial charge is 0.356 e. The maximum Gasteiger partial charge on any atom is 0.269 e. The minimum absolute atomic E-state index is 0. The van der Waals surface area contributed by atoms with E-state index in [1.165, 1.54) is 25.3 Å². The van der Waals surface area contributed by atoms with Gasteiger partial charge in [0, 0.05) is 32.3 Å². The SMILES string of the molecule is CCCCCCNC(=NC)NCc1cccc([N+](=O)[O-])c1.I. The second-order valence-electron chi connectivity index (χ2n) is 4.84. The van der Waals surface area contributed by atoms with Gasteiger partial charge in [0.2, 0.25) is 0 Å². The van der Waals surface area contributed by atoms with E-state index in [4.69, 9.17) is 0 Å². The lowest BCUT2D eigenvalue weighted by Crippen LogP contribution is -2.37. The molecule has 0 saturated heterocycles. The van der Waals surface area contributed by atoms with Crippen molar-refractivity contribution in [1.29, 1.82) is 0 Å². The smallest absolute Gasteiger partial charge is 0.269 e. The van der Waals surface area contributed by atoms with Crippen molar-refractivity contribution in [3.63, 3.8) is 0 Å². The summed E-state index contributed by atoms with van der Waals surface area (Å²) in [5.74, 6) is 0.720. The summed E-state index contributed by atoms with van der Waals surface area (Å²) in [5.41, 5.74) is 0.968. The molecular formula is C15H25IN4O2. The third-order valence-electron chi connectivity index (χ3n) is 3.13. The van der Waals surface area contributed by atoms with Gasteiger partial charge in [-0.15, -0.1) is 24.0 Å². The van der Waals surface area contributed by atoms with E-state index >= 15 is 0 Å². The molecule has 0 aliphatic rings. The van der Waals surface area contributed by atoms with Crippen LogP contribution in [0.2, 0.25) is 0 Å². The number of unbranched alkanes of at least 4 members (excludes halogenated alkanes) is 3. The highest BCUT2D eigenvalue weighted by Crippen LogP contribution is 2.12. The molecule has 0 amide bonds. The standard InChI is InChI=1S/C15H24N4O2.HI/c1-3-4-5-6-10-17-15(16-2)18-12-13-8-7-9-14(11-13)19(20)21;/h7-9,11H,3-6,10,12H2,1-2H3,(H2,16,17,18);1H. The third-order valence-corrected chi connectivity index (χ3v) is 3.13. The Morgan fingerprint density at radius 2 is 2.05 bits per heavy atom. The molecular weight excluding hydrogens is 395 g/mol. The molecule has 0 fully saturated rings. The number of rotatable bonds is 8. The third kappa shape index (κ3) is 8.16. The van der Waals surface area contributed by atoms with Crippen LogP contribution in [0.1, 0.15) is 38.2 Å². The molecule has 0 aliphatic heterocycles. The highest BCUT2D eigenvalue weighted by atomic mass is 127. The van der Waals surface area contributed by atoms with Crippen molar-refractivity contribution in [2.24, 2.45) is 4.99 Å². The monoisotopic (exact) mass is 420 g/mol. The fourth-order valence-electron chi connectivity index (χ4n) is 1.94. The van der Waals surface area contributed by atoms with Crippen LogP contribution in [0.3, 0.4) is 0 Å². The molecule has 1 aromatic carbocycles. The molecule has 0 aliphatic carbocycles. The quantitative estimate of drug-likeness (QED) is 0.169. The van der Waals surface area contributed by atoms with Gasteiger partial charge < -0.3 is 10.6 Å². The van der Waals surface area contributed by atoms with Gasteiger partial charge in [-0.05, 0) is 12.0 Å². The van der Waals surface area contributed by atoms with E-state index in [1.807, 2.05) is 6.07 Å². The second-order valence-corrected chi connectivity index (χ2v) is 4.84. The molecule has 1 rings (SSSR count). The first-order valence-electron chi connectivity index (χ1n) is 7.35. The van der Waals surface area contributed by atoms with E-state index in [9.17, 15) is 10.1 Å². The number of non-ortho nitro benzene ring substituents is 1. The van der Waals surface area contributed by atoms with Crippen LogP contribution >= 0.6 is 24.0 Å². The van der Waals surface area contributed by atoms with Crippen LogP contribution in [0.5, 0.6) is 0 Å². The van der Waals surface area contributed by atoms with Crippen molar-refractivity contribution >= 4 is 35.6 Å². The molecule has 124 valence electrons. The van der Waals surface area contributed by atoms with Gasteiger partial charge in [0.25, 0.3) is 5.69 Å². The topological polar surface area (TPSA) is 79.6 Å². The van der Waals surface area contributed by atoms with Crippen LogP contribution in [-0.4, -0.2) is 24.5 Å². The summed E-state index contributed by atoms with van der Waals surface area (Å²) < 4.78 is 0. The predicted octanol–water partition coefficient (Wildman–Crippen LogP) is 3.46. The zero-order chi connectivity index (χ0) is 15.5. The Morgan fingerprint density at radius 1 is 1.27 bits per heavy atom. The van der Waals surface area contributed by atoms with Gasteiger partial charge in [0.15, 0.2) is 5.96 Å². The highest BCUT2D eigenvalue weighted by molar-refractivity contribution is 14.0. The minimum atomic E-state index is -0.385. The predicted molar refractivity (Wildman–Crippen MR) is 101 cm³/mol. The number of hydrogen-bond donors (Lipinski definition) is 2. The number of hydrogen-bond acceptors (Lipinski definition) is 3. The van der Waals surface area contributed by atoms with Crippen LogP contribution in [0.25, 0.3) is 0 Å². The average molecular weight is 420 g/mol. The molecule has 7 heteroatoms. The van der Waals surface area contributed by atoms with E-state index in [-0.39, 0.29) is 34.6 Å². The molecule has 0 atom stereocenters. The van der Waals surface area contributed by atoms with Gasteiger partial charge in [-0.25, -0.2) is 0 Å². The summed E-state index contributed by atoms with van der Waals surface area (Å²) in [6.45, 7) is 3.58. The summed E-state index contributed by atoms with van der Waals surface area (Å²) in [4.78, 5) is 14.5. The zero-order valence-corrected chi connectivity index (χ0v) is 15.5. The maximum absolute atomic E-state index is 10.7. The highest BCUT2D eigenvalue weighted by Gasteiger charge is 2.05. The lowest BCUT2D eigenvalue weighted by molar-refractivity contribution is -0.384. The summed E-state index contributed by atoms with van der Waals surface area (Å²) in [7, 11) is 1.72. The Bertz CT molecular complexity index is 480. The number of guanidine groups is 1. The number of nitrogens with zero attached hydrogens (tertiary/aromatic N) is 2. The van der Waals surface area contributed by atoms with Crippen molar-refractivity contribution in [2.75, 3.05) is 13.6 Å². The first-order valence-corrected chi connectivity index (χ1v) is 7.35. The fourth-order valence-corrected chi connectivity index (χ4v) is 1.94. The number of halogens is 1. The molecule has 2 N–H and O–H groups in total. The van der Waals surface area contributed by atoms with Crippen molar-refractivity contribution in [1.82, 2.24) is 10.6 Å². The number of nitro benzene ring substituents is 1. The van der Waals surface area contributed by atoms with Crippen molar-refractivity contribution < 1.29 is 4.92 Å². The molecule has 0 spiro atoms. The zero-order valence-electron chi connectivity index (χ0n) is 13.2. The first-order chi connectivity index (χ1) is 10.2.